The molecule has 1 unspecified atom stereocenters. The summed E-state index contributed by atoms with van der Waals surface area (Å²) in [7, 11) is 0. The maximum atomic E-state index is 12.8. The average Bonchev–Trinajstić information content (AvgIpc) is 3.15. The normalized spacial score (nSPS) is 20.5. The van der Waals surface area contributed by atoms with Crippen molar-refractivity contribution in [3.8, 4) is 5.75 Å². The lowest BCUT2D eigenvalue weighted by Gasteiger charge is -2.37. The van der Waals surface area contributed by atoms with E-state index in [9.17, 15) is 4.79 Å². The van der Waals surface area contributed by atoms with Crippen molar-refractivity contribution in [2.75, 3.05) is 37.7 Å². The van der Waals surface area contributed by atoms with Crippen molar-refractivity contribution in [3.63, 3.8) is 0 Å². The molecule has 2 aliphatic heterocycles. The van der Waals surface area contributed by atoms with Gasteiger partial charge in [-0.3, -0.25) is 4.79 Å². The molecule has 0 N–H and O–H groups in total. The summed E-state index contributed by atoms with van der Waals surface area (Å²) < 4.78 is 5.76. The number of thiazole rings is 1. The Morgan fingerprint density at radius 2 is 2.12 bits per heavy atom. The maximum absolute atomic E-state index is 12.8. The van der Waals surface area contributed by atoms with Gasteiger partial charge in [0, 0.05) is 42.8 Å². The highest BCUT2D eigenvalue weighted by atomic mass is 35.5. The standard InChI is InChI=1S/C17H18ClN3O2S/c18-14-1-2-15-12(10-14)9-13(11-23-15)16(22)20-4-6-21(7-5-20)17-19-3-8-24-17/h1-3,8,10,13H,4-7,9,11H2. The molecule has 1 aromatic heterocycles. The van der Waals surface area contributed by atoms with Crippen molar-refractivity contribution in [2.45, 2.75) is 6.42 Å². The molecular formula is C17H18ClN3O2S. The Kier molecular flexibility index (Phi) is 4.33. The molecule has 1 aromatic carbocycles. The number of rotatable bonds is 2. The molecule has 3 heterocycles. The minimum Gasteiger partial charge on any atom is -0.492 e. The predicted octanol–water partition coefficient (Wildman–Crippen LogP) is 2.70. The highest BCUT2D eigenvalue weighted by Crippen LogP contribution is 2.30. The third-order valence-corrected chi connectivity index (χ3v) is 5.63. The van der Waals surface area contributed by atoms with Gasteiger partial charge in [0.1, 0.15) is 12.4 Å². The minimum atomic E-state index is -0.123. The summed E-state index contributed by atoms with van der Waals surface area (Å²) in [5, 5.41) is 3.70. The van der Waals surface area contributed by atoms with Crippen LogP contribution in [0.2, 0.25) is 5.02 Å². The SMILES string of the molecule is O=C(C1COc2ccc(Cl)cc2C1)N1CCN(c2nccs2)CC1. The number of amides is 1. The number of anilines is 1. The number of piperazine rings is 1. The molecule has 126 valence electrons. The fourth-order valence-electron chi connectivity index (χ4n) is 3.27. The molecule has 2 aliphatic rings. The van der Waals surface area contributed by atoms with Crippen LogP contribution in [0.1, 0.15) is 5.56 Å². The molecule has 4 rings (SSSR count). The zero-order valence-corrected chi connectivity index (χ0v) is 14.7. The van der Waals surface area contributed by atoms with Gasteiger partial charge in [-0.15, -0.1) is 11.3 Å². The second-order valence-electron chi connectivity index (χ2n) is 6.09. The molecule has 1 atom stereocenters. The van der Waals surface area contributed by atoms with Crippen molar-refractivity contribution in [2.24, 2.45) is 5.92 Å². The van der Waals surface area contributed by atoms with E-state index in [4.69, 9.17) is 16.3 Å². The molecule has 0 bridgehead atoms. The van der Waals surface area contributed by atoms with Crippen LogP contribution < -0.4 is 9.64 Å². The molecule has 5 nitrogen and oxygen atoms in total. The van der Waals surface area contributed by atoms with Gasteiger partial charge in [0.05, 0.1) is 5.92 Å². The van der Waals surface area contributed by atoms with Crippen molar-refractivity contribution < 1.29 is 9.53 Å². The van der Waals surface area contributed by atoms with Crippen LogP contribution in [0.4, 0.5) is 5.13 Å². The van der Waals surface area contributed by atoms with Crippen LogP contribution in [0.5, 0.6) is 5.75 Å². The van der Waals surface area contributed by atoms with Gasteiger partial charge >= 0.3 is 0 Å². The van der Waals surface area contributed by atoms with Gasteiger partial charge in [-0.05, 0) is 30.2 Å². The Morgan fingerprint density at radius 3 is 2.88 bits per heavy atom. The highest BCUT2D eigenvalue weighted by Gasteiger charge is 2.31. The molecule has 0 spiro atoms. The van der Waals surface area contributed by atoms with E-state index in [2.05, 4.69) is 9.88 Å². The van der Waals surface area contributed by atoms with Crippen molar-refractivity contribution in [1.29, 1.82) is 0 Å². The Bertz CT molecular complexity index is 729. The van der Waals surface area contributed by atoms with Gasteiger partial charge in [0.2, 0.25) is 5.91 Å². The molecule has 1 amide bonds. The van der Waals surface area contributed by atoms with Crippen LogP contribution in [-0.4, -0.2) is 48.6 Å². The van der Waals surface area contributed by atoms with E-state index in [0.29, 0.717) is 18.1 Å². The lowest BCUT2D eigenvalue weighted by Crippen LogP contribution is -2.51. The minimum absolute atomic E-state index is 0.123. The quantitative estimate of drug-likeness (QED) is 0.823. The largest absolute Gasteiger partial charge is 0.492 e. The molecule has 7 heteroatoms. The van der Waals surface area contributed by atoms with E-state index in [1.165, 1.54) is 0 Å². The number of hydrogen-bond donors (Lipinski definition) is 0. The number of fused-ring (bicyclic) bond motifs is 1. The number of carbonyl (C=O) groups excluding carboxylic acids is 1. The van der Waals surface area contributed by atoms with Gasteiger partial charge in [0.25, 0.3) is 0 Å². The number of aromatic nitrogens is 1. The molecule has 0 radical (unpaired) electrons. The fourth-order valence-corrected chi connectivity index (χ4v) is 4.16. The Hall–Kier alpha value is -1.79. The third kappa shape index (κ3) is 3.08. The van der Waals surface area contributed by atoms with E-state index in [-0.39, 0.29) is 11.8 Å². The van der Waals surface area contributed by atoms with Crippen LogP contribution in [-0.2, 0) is 11.2 Å². The van der Waals surface area contributed by atoms with Gasteiger partial charge in [0.15, 0.2) is 5.13 Å². The number of hydrogen-bond acceptors (Lipinski definition) is 5. The highest BCUT2D eigenvalue weighted by molar-refractivity contribution is 7.13. The lowest BCUT2D eigenvalue weighted by atomic mass is 9.95. The summed E-state index contributed by atoms with van der Waals surface area (Å²) in [5.41, 5.74) is 1.02. The smallest absolute Gasteiger partial charge is 0.229 e. The first-order valence-electron chi connectivity index (χ1n) is 8.05. The van der Waals surface area contributed by atoms with Crippen molar-refractivity contribution in [3.05, 3.63) is 40.4 Å². The monoisotopic (exact) mass is 363 g/mol. The van der Waals surface area contributed by atoms with E-state index >= 15 is 0 Å². The van der Waals surface area contributed by atoms with Gasteiger partial charge in [-0.1, -0.05) is 11.6 Å². The van der Waals surface area contributed by atoms with Crippen LogP contribution in [0.25, 0.3) is 0 Å². The zero-order valence-electron chi connectivity index (χ0n) is 13.2. The Labute approximate surface area is 149 Å². The van der Waals surface area contributed by atoms with E-state index in [1.807, 2.05) is 34.7 Å². The molecule has 2 aromatic rings. The Balaban J connectivity index is 1.39. The molecule has 24 heavy (non-hydrogen) atoms. The number of ether oxygens (including phenoxy) is 1. The maximum Gasteiger partial charge on any atom is 0.229 e. The summed E-state index contributed by atoms with van der Waals surface area (Å²) in [6.07, 6.45) is 2.51. The van der Waals surface area contributed by atoms with Crippen LogP contribution in [0.15, 0.2) is 29.8 Å². The number of benzene rings is 1. The van der Waals surface area contributed by atoms with Crippen LogP contribution in [0, 0.1) is 5.92 Å². The van der Waals surface area contributed by atoms with E-state index < -0.39 is 0 Å². The molecule has 1 saturated heterocycles. The fraction of sp³-hybridized carbons (Fsp3) is 0.412. The first-order valence-corrected chi connectivity index (χ1v) is 9.31. The van der Waals surface area contributed by atoms with E-state index in [1.54, 1.807) is 11.3 Å². The second-order valence-corrected chi connectivity index (χ2v) is 7.40. The van der Waals surface area contributed by atoms with Gasteiger partial charge < -0.3 is 14.5 Å². The molecular weight excluding hydrogens is 346 g/mol. The average molecular weight is 364 g/mol. The molecule has 1 fully saturated rings. The van der Waals surface area contributed by atoms with Crippen LogP contribution >= 0.6 is 22.9 Å². The van der Waals surface area contributed by atoms with Gasteiger partial charge in [-0.2, -0.15) is 0 Å². The summed E-state index contributed by atoms with van der Waals surface area (Å²) >= 11 is 7.70. The number of halogens is 1. The predicted molar refractivity (Wildman–Crippen MR) is 95.0 cm³/mol. The molecule has 0 saturated carbocycles. The van der Waals surface area contributed by atoms with Gasteiger partial charge in [-0.25, -0.2) is 4.98 Å². The first kappa shape index (κ1) is 15.7. The summed E-state index contributed by atoms with van der Waals surface area (Å²) in [4.78, 5) is 21.4. The van der Waals surface area contributed by atoms with Crippen molar-refractivity contribution >= 4 is 34.0 Å². The number of carbonyl (C=O) groups is 1. The zero-order chi connectivity index (χ0) is 16.5. The molecule has 0 aliphatic carbocycles. The van der Waals surface area contributed by atoms with Crippen LogP contribution in [0.3, 0.4) is 0 Å². The van der Waals surface area contributed by atoms with Crippen molar-refractivity contribution in [1.82, 2.24) is 9.88 Å². The van der Waals surface area contributed by atoms with E-state index in [0.717, 1.165) is 42.6 Å². The third-order valence-electron chi connectivity index (χ3n) is 4.56. The first-order chi connectivity index (χ1) is 11.7. The summed E-state index contributed by atoms with van der Waals surface area (Å²) in [6.45, 7) is 3.57. The summed E-state index contributed by atoms with van der Waals surface area (Å²) in [5.74, 6) is 0.902. The second kappa shape index (κ2) is 6.61. The lowest BCUT2D eigenvalue weighted by molar-refractivity contribution is -0.137. The summed E-state index contributed by atoms with van der Waals surface area (Å²) in [6, 6.07) is 5.60. The topological polar surface area (TPSA) is 45.7 Å². The Morgan fingerprint density at radius 1 is 1.29 bits per heavy atom. The number of nitrogens with zero attached hydrogens (tertiary/aromatic N) is 3.